The Balaban J connectivity index is 1.94. The van der Waals surface area contributed by atoms with E-state index in [-0.39, 0.29) is 31.6 Å². The Bertz CT molecular complexity index is 917. The largest absolute Gasteiger partial charge is 0.462 e. The van der Waals surface area contributed by atoms with Crippen LogP contribution in [0.1, 0.15) is 162 Å². The van der Waals surface area contributed by atoms with Gasteiger partial charge in [0.15, 0.2) is 6.10 Å². The van der Waals surface area contributed by atoms with Gasteiger partial charge >= 0.3 is 11.9 Å². The maximum absolute atomic E-state index is 12.1. The zero-order valence-corrected chi connectivity index (χ0v) is 30.7. The second-order valence-electron chi connectivity index (χ2n) is 13.0. The van der Waals surface area contributed by atoms with E-state index >= 15 is 0 Å². The van der Waals surface area contributed by atoms with Crippen molar-refractivity contribution in [3.63, 3.8) is 0 Å². The Morgan fingerprint density at radius 1 is 0.604 bits per heavy atom. The first-order chi connectivity index (χ1) is 23.6. The van der Waals surface area contributed by atoms with Crippen LogP contribution in [-0.2, 0) is 23.8 Å². The molecule has 0 saturated carbocycles. The van der Waals surface area contributed by atoms with E-state index in [0.29, 0.717) is 25.0 Å². The van der Waals surface area contributed by atoms with E-state index in [1.807, 2.05) is 12.2 Å². The van der Waals surface area contributed by atoms with Crippen molar-refractivity contribution in [2.24, 2.45) is 0 Å². The van der Waals surface area contributed by atoms with Crippen LogP contribution in [0.3, 0.4) is 0 Å². The van der Waals surface area contributed by atoms with Gasteiger partial charge in [-0.15, -0.1) is 0 Å². The Morgan fingerprint density at radius 3 is 1.60 bits per heavy atom. The van der Waals surface area contributed by atoms with E-state index in [2.05, 4.69) is 62.5 Å². The molecule has 0 aliphatic carbocycles. The standard InChI is InChI=1S/C42H70O6/c1-3-5-7-8-9-10-11-12-13-18-21-24-27-31-35-42(45)47-38(36-43)37-46-41(44)34-30-26-23-20-17-15-14-16-19-22-25-29-33-40-39(48-40)32-28-6-4-2/h6,15-17,19,23,25-26,28-29,38-40,43H,3-5,7-14,18,20-22,24,27,30-37H2,1-2H3/b17-15-,19-16-,26-23-,28-6-,29-25-/t38-,39?,40?/m0/s1. The van der Waals surface area contributed by atoms with Gasteiger partial charge in [0.05, 0.1) is 18.8 Å². The number of ether oxygens (including phenoxy) is 3. The summed E-state index contributed by atoms with van der Waals surface area (Å²) in [5, 5.41) is 9.54. The number of aliphatic hydroxyl groups is 1. The fourth-order valence-electron chi connectivity index (χ4n) is 5.44. The zero-order valence-electron chi connectivity index (χ0n) is 30.7. The summed E-state index contributed by atoms with van der Waals surface area (Å²) in [6, 6.07) is 0. The lowest BCUT2D eigenvalue weighted by atomic mass is 10.0. The molecule has 0 aromatic carbocycles. The molecule has 1 aliphatic rings. The average Bonchev–Trinajstić information content (AvgIpc) is 3.84. The number of carbonyl (C=O) groups is 2. The third-order valence-corrected chi connectivity index (χ3v) is 8.49. The van der Waals surface area contributed by atoms with Gasteiger partial charge in [0.25, 0.3) is 0 Å². The predicted octanol–water partition coefficient (Wildman–Crippen LogP) is 11.0. The van der Waals surface area contributed by atoms with Gasteiger partial charge in [-0.3, -0.25) is 9.59 Å². The number of unbranched alkanes of at least 4 members (excludes halogenated alkanes) is 13. The molecule has 274 valence electrons. The molecule has 1 N–H and O–H groups in total. The smallest absolute Gasteiger partial charge is 0.306 e. The first-order valence-corrected chi connectivity index (χ1v) is 19.5. The fourth-order valence-corrected chi connectivity index (χ4v) is 5.44. The summed E-state index contributed by atoms with van der Waals surface area (Å²) in [4.78, 5) is 24.2. The summed E-state index contributed by atoms with van der Waals surface area (Å²) in [6.07, 6.45) is 46.1. The monoisotopic (exact) mass is 671 g/mol. The highest BCUT2D eigenvalue weighted by atomic mass is 16.6. The number of hydrogen-bond acceptors (Lipinski definition) is 6. The Labute approximate surface area is 294 Å². The van der Waals surface area contributed by atoms with Gasteiger partial charge in [-0.1, -0.05) is 158 Å². The minimum absolute atomic E-state index is 0.109. The molecule has 2 unspecified atom stereocenters. The van der Waals surface area contributed by atoms with E-state index < -0.39 is 6.10 Å². The van der Waals surface area contributed by atoms with E-state index in [4.69, 9.17) is 14.2 Å². The van der Waals surface area contributed by atoms with Gasteiger partial charge in [-0.25, -0.2) is 0 Å². The van der Waals surface area contributed by atoms with Gasteiger partial charge in [0, 0.05) is 12.8 Å². The molecule has 0 amide bonds. The topological polar surface area (TPSA) is 85.4 Å². The van der Waals surface area contributed by atoms with Gasteiger partial charge < -0.3 is 19.3 Å². The van der Waals surface area contributed by atoms with Crippen LogP contribution in [0.15, 0.2) is 60.8 Å². The van der Waals surface area contributed by atoms with Crippen molar-refractivity contribution in [3.05, 3.63) is 60.8 Å². The second-order valence-corrected chi connectivity index (χ2v) is 13.0. The number of carbonyl (C=O) groups excluding carboxylic acids is 2. The summed E-state index contributed by atoms with van der Waals surface area (Å²) in [5.74, 6) is -0.694. The van der Waals surface area contributed by atoms with Crippen LogP contribution in [0, 0.1) is 0 Å². The minimum Gasteiger partial charge on any atom is -0.462 e. The molecule has 1 heterocycles. The van der Waals surface area contributed by atoms with Crippen LogP contribution in [0.25, 0.3) is 0 Å². The molecule has 0 bridgehead atoms. The van der Waals surface area contributed by atoms with Crippen molar-refractivity contribution in [1.82, 2.24) is 0 Å². The molecular weight excluding hydrogens is 600 g/mol. The number of esters is 2. The summed E-state index contributed by atoms with van der Waals surface area (Å²) in [7, 11) is 0. The highest BCUT2D eigenvalue weighted by molar-refractivity contribution is 5.70. The molecule has 1 aliphatic heterocycles. The third kappa shape index (κ3) is 28.6. The lowest BCUT2D eigenvalue weighted by Crippen LogP contribution is -2.28. The van der Waals surface area contributed by atoms with Gasteiger partial charge in [-0.2, -0.15) is 0 Å². The fraction of sp³-hybridized carbons (Fsp3) is 0.714. The first kappa shape index (κ1) is 43.6. The predicted molar refractivity (Wildman–Crippen MR) is 200 cm³/mol. The van der Waals surface area contributed by atoms with Crippen molar-refractivity contribution in [2.45, 2.75) is 180 Å². The van der Waals surface area contributed by atoms with Crippen LogP contribution >= 0.6 is 0 Å². The van der Waals surface area contributed by atoms with E-state index in [1.165, 1.54) is 70.6 Å². The Morgan fingerprint density at radius 2 is 1.08 bits per heavy atom. The van der Waals surface area contributed by atoms with Crippen LogP contribution in [0.2, 0.25) is 0 Å². The maximum Gasteiger partial charge on any atom is 0.306 e. The van der Waals surface area contributed by atoms with Crippen molar-refractivity contribution in [2.75, 3.05) is 13.2 Å². The van der Waals surface area contributed by atoms with Crippen LogP contribution in [0.5, 0.6) is 0 Å². The number of aliphatic hydroxyl groups excluding tert-OH is 1. The summed E-state index contributed by atoms with van der Waals surface area (Å²) in [6.45, 7) is 3.94. The highest BCUT2D eigenvalue weighted by Gasteiger charge is 2.35. The van der Waals surface area contributed by atoms with Crippen molar-refractivity contribution < 1.29 is 28.9 Å². The van der Waals surface area contributed by atoms with Crippen LogP contribution < -0.4 is 0 Å². The molecule has 1 fully saturated rings. The molecule has 0 aromatic rings. The minimum atomic E-state index is -0.804. The van der Waals surface area contributed by atoms with Crippen molar-refractivity contribution >= 4 is 11.9 Å². The highest BCUT2D eigenvalue weighted by Crippen LogP contribution is 2.29. The SMILES string of the molecule is CC/C=C\CC1OC1C/C=C\C/C=C\C/C=C\C/C=C\CCC(=O)OC[C@H](CO)OC(=O)CCCCCCCCCCCCCCCC. The van der Waals surface area contributed by atoms with E-state index in [0.717, 1.165) is 57.8 Å². The van der Waals surface area contributed by atoms with Gasteiger partial charge in [-0.05, 0) is 51.4 Å². The van der Waals surface area contributed by atoms with Gasteiger partial charge in [0.1, 0.15) is 6.61 Å². The summed E-state index contributed by atoms with van der Waals surface area (Å²) < 4.78 is 16.2. The molecule has 3 atom stereocenters. The molecular formula is C42H70O6. The number of rotatable bonds is 33. The second kappa shape index (κ2) is 33.1. The summed E-state index contributed by atoms with van der Waals surface area (Å²) in [5.41, 5.74) is 0. The van der Waals surface area contributed by atoms with Gasteiger partial charge in [0.2, 0.25) is 0 Å². The number of allylic oxidation sites excluding steroid dienone is 8. The number of hydrogen-bond donors (Lipinski definition) is 1. The van der Waals surface area contributed by atoms with E-state index in [9.17, 15) is 14.7 Å². The Kier molecular flexibility index (Phi) is 30.0. The van der Waals surface area contributed by atoms with Crippen LogP contribution in [0.4, 0.5) is 0 Å². The van der Waals surface area contributed by atoms with Crippen molar-refractivity contribution in [1.29, 1.82) is 0 Å². The third-order valence-electron chi connectivity index (χ3n) is 8.49. The lowest BCUT2D eigenvalue weighted by Gasteiger charge is -2.15. The molecule has 6 nitrogen and oxygen atoms in total. The lowest BCUT2D eigenvalue weighted by molar-refractivity contribution is -0.161. The molecule has 1 saturated heterocycles. The average molecular weight is 671 g/mol. The Hall–Kier alpha value is -2.44. The molecule has 0 spiro atoms. The van der Waals surface area contributed by atoms with Crippen molar-refractivity contribution in [3.8, 4) is 0 Å². The normalized spacial score (nSPS) is 17.1. The van der Waals surface area contributed by atoms with Crippen LogP contribution in [-0.4, -0.2) is 48.6 Å². The quantitative estimate of drug-likeness (QED) is 0.0324. The molecule has 48 heavy (non-hydrogen) atoms. The van der Waals surface area contributed by atoms with E-state index in [1.54, 1.807) is 0 Å². The number of epoxide rings is 1. The molecule has 0 aromatic heterocycles. The zero-order chi connectivity index (χ0) is 34.8. The first-order valence-electron chi connectivity index (χ1n) is 19.5. The molecule has 6 heteroatoms. The summed E-state index contributed by atoms with van der Waals surface area (Å²) >= 11 is 0. The molecule has 0 radical (unpaired) electrons. The maximum atomic E-state index is 12.1. The molecule has 1 rings (SSSR count).